The normalized spacial score (nSPS) is 22.0. The lowest BCUT2D eigenvalue weighted by Gasteiger charge is -2.28. The molecule has 0 aliphatic heterocycles. The van der Waals surface area contributed by atoms with E-state index in [1.54, 1.807) is 7.11 Å². The van der Waals surface area contributed by atoms with Crippen LogP contribution >= 0.6 is 0 Å². The summed E-state index contributed by atoms with van der Waals surface area (Å²) in [6.07, 6.45) is 6.66. The molecule has 1 atom stereocenters. The smallest absolute Gasteiger partial charge is 0.253 e. The molecule has 1 heterocycles. The summed E-state index contributed by atoms with van der Waals surface area (Å²) < 4.78 is 5.60. The van der Waals surface area contributed by atoms with Gasteiger partial charge in [-0.1, -0.05) is 0 Å². The predicted octanol–water partition coefficient (Wildman–Crippen LogP) is 2.44. The molecule has 1 unspecified atom stereocenters. The van der Waals surface area contributed by atoms with Gasteiger partial charge in [-0.15, -0.1) is 0 Å². The van der Waals surface area contributed by atoms with Crippen LogP contribution in [0, 0.1) is 5.92 Å². The Bertz CT molecular complexity index is 474. The molecule has 0 aromatic carbocycles. The highest BCUT2D eigenvalue weighted by Gasteiger charge is 2.42. The summed E-state index contributed by atoms with van der Waals surface area (Å²) in [5.74, 6) is 1.17. The van der Waals surface area contributed by atoms with E-state index in [0.717, 1.165) is 11.3 Å². The lowest BCUT2D eigenvalue weighted by Crippen LogP contribution is -2.44. The summed E-state index contributed by atoms with van der Waals surface area (Å²) in [6, 6.07) is 1.88. The topological polar surface area (TPSA) is 54.1 Å². The van der Waals surface area contributed by atoms with Gasteiger partial charge in [-0.2, -0.15) is 0 Å². The lowest BCUT2D eigenvalue weighted by atomic mass is 10.00. The average molecular weight is 262 g/mol. The number of aromatic nitrogens is 1. The van der Waals surface area contributed by atoms with Crippen molar-refractivity contribution in [3.63, 3.8) is 0 Å². The number of carbonyl (C=O) groups excluding carboxylic acids is 1. The van der Waals surface area contributed by atoms with Crippen molar-refractivity contribution >= 4 is 5.91 Å². The minimum absolute atomic E-state index is 0.0204. The van der Waals surface area contributed by atoms with Gasteiger partial charge in [0.25, 0.3) is 5.91 Å². The standard InChI is InChI=1S/C15H22N2O2/c1-15(19-2,11-5-6-11)9-17-14(18)12-7-8-16-13(12)10-3-4-10/h7-8,10-11,16H,3-6,9H2,1-2H3,(H,17,18). The first-order valence-electron chi connectivity index (χ1n) is 7.14. The molecule has 0 spiro atoms. The molecule has 2 aliphatic rings. The highest BCUT2D eigenvalue weighted by molar-refractivity contribution is 5.95. The van der Waals surface area contributed by atoms with Crippen molar-refractivity contribution in [1.29, 1.82) is 0 Å². The molecule has 4 heteroatoms. The van der Waals surface area contributed by atoms with E-state index in [2.05, 4.69) is 17.2 Å². The van der Waals surface area contributed by atoms with E-state index in [9.17, 15) is 4.79 Å². The average Bonchev–Trinajstić information content (AvgIpc) is 3.33. The summed E-state index contributed by atoms with van der Waals surface area (Å²) in [5, 5.41) is 3.04. The number of H-pyrrole nitrogens is 1. The highest BCUT2D eigenvalue weighted by Crippen LogP contribution is 2.42. The SMILES string of the molecule is COC(C)(CNC(=O)c1cc[nH]c1C1CC1)C1CC1. The van der Waals surface area contributed by atoms with Gasteiger partial charge in [-0.25, -0.2) is 0 Å². The third kappa shape index (κ3) is 2.54. The molecule has 2 aliphatic carbocycles. The Morgan fingerprint density at radius 1 is 1.47 bits per heavy atom. The number of aromatic amines is 1. The second kappa shape index (κ2) is 4.67. The highest BCUT2D eigenvalue weighted by atomic mass is 16.5. The van der Waals surface area contributed by atoms with Crippen molar-refractivity contribution in [2.75, 3.05) is 13.7 Å². The van der Waals surface area contributed by atoms with E-state index in [-0.39, 0.29) is 11.5 Å². The van der Waals surface area contributed by atoms with Gasteiger partial charge in [0.2, 0.25) is 0 Å². The van der Waals surface area contributed by atoms with Crippen molar-refractivity contribution < 1.29 is 9.53 Å². The van der Waals surface area contributed by atoms with E-state index >= 15 is 0 Å². The molecule has 0 radical (unpaired) electrons. The van der Waals surface area contributed by atoms with Gasteiger partial charge in [-0.3, -0.25) is 4.79 Å². The summed E-state index contributed by atoms with van der Waals surface area (Å²) >= 11 is 0. The first-order chi connectivity index (χ1) is 9.14. The molecule has 4 nitrogen and oxygen atoms in total. The molecule has 2 N–H and O–H groups in total. The second-order valence-corrected chi connectivity index (χ2v) is 6.05. The number of hydrogen-bond acceptors (Lipinski definition) is 2. The van der Waals surface area contributed by atoms with E-state index in [1.807, 2.05) is 12.3 Å². The Labute approximate surface area is 113 Å². The Morgan fingerprint density at radius 2 is 2.21 bits per heavy atom. The van der Waals surface area contributed by atoms with Crippen LogP contribution in [0.5, 0.6) is 0 Å². The number of methoxy groups -OCH3 is 1. The van der Waals surface area contributed by atoms with Gasteiger partial charge in [0, 0.05) is 25.5 Å². The molecule has 19 heavy (non-hydrogen) atoms. The maximum atomic E-state index is 12.3. The fourth-order valence-corrected chi connectivity index (χ4v) is 2.72. The first kappa shape index (κ1) is 12.7. The number of ether oxygens (including phenoxy) is 1. The van der Waals surface area contributed by atoms with Crippen LogP contribution in [0.3, 0.4) is 0 Å². The van der Waals surface area contributed by atoms with Crippen LogP contribution in [-0.2, 0) is 4.74 Å². The van der Waals surface area contributed by atoms with E-state index < -0.39 is 0 Å². The first-order valence-corrected chi connectivity index (χ1v) is 7.14. The number of rotatable bonds is 6. The van der Waals surface area contributed by atoms with Crippen LogP contribution < -0.4 is 5.32 Å². The zero-order chi connectivity index (χ0) is 13.5. The zero-order valence-corrected chi connectivity index (χ0v) is 11.7. The van der Waals surface area contributed by atoms with Gasteiger partial charge in [0.05, 0.1) is 11.2 Å². The summed E-state index contributed by atoms with van der Waals surface area (Å²) in [5.41, 5.74) is 1.69. The fourth-order valence-electron chi connectivity index (χ4n) is 2.72. The molecule has 0 saturated heterocycles. The van der Waals surface area contributed by atoms with Crippen molar-refractivity contribution in [3.05, 3.63) is 23.5 Å². The van der Waals surface area contributed by atoms with Crippen molar-refractivity contribution in [2.24, 2.45) is 5.92 Å². The zero-order valence-electron chi connectivity index (χ0n) is 11.7. The number of hydrogen-bond donors (Lipinski definition) is 2. The van der Waals surface area contributed by atoms with Crippen LogP contribution in [0.15, 0.2) is 12.3 Å². The molecule has 1 amide bonds. The molecule has 1 aromatic heterocycles. The third-order valence-corrected chi connectivity index (χ3v) is 4.52. The monoisotopic (exact) mass is 262 g/mol. The van der Waals surface area contributed by atoms with E-state index in [4.69, 9.17) is 4.74 Å². The van der Waals surface area contributed by atoms with Crippen LogP contribution in [0.2, 0.25) is 0 Å². The number of carbonyl (C=O) groups is 1. The van der Waals surface area contributed by atoms with Gasteiger partial charge < -0.3 is 15.0 Å². The van der Waals surface area contributed by atoms with Gasteiger partial charge in [-0.05, 0) is 50.5 Å². The van der Waals surface area contributed by atoms with Crippen LogP contribution in [0.25, 0.3) is 0 Å². The predicted molar refractivity (Wildman–Crippen MR) is 73.2 cm³/mol. The minimum Gasteiger partial charge on any atom is -0.376 e. The Hall–Kier alpha value is -1.29. The van der Waals surface area contributed by atoms with E-state index in [0.29, 0.717) is 18.4 Å². The van der Waals surface area contributed by atoms with Gasteiger partial charge in [0.15, 0.2) is 0 Å². The molecule has 3 rings (SSSR count). The molecule has 104 valence electrons. The maximum Gasteiger partial charge on any atom is 0.253 e. The number of nitrogens with one attached hydrogen (secondary N) is 2. The Balaban J connectivity index is 1.63. The van der Waals surface area contributed by atoms with Crippen LogP contribution in [0.4, 0.5) is 0 Å². The van der Waals surface area contributed by atoms with E-state index in [1.165, 1.54) is 25.7 Å². The van der Waals surface area contributed by atoms with Crippen molar-refractivity contribution in [3.8, 4) is 0 Å². The third-order valence-electron chi connectivity index (χ3n) is 4.52. The Kier molecular flexibility index (Phi) is 3.13. The molecule has 2 fully saturated rings. The Morgan fingerprint density at radius 3 is 2.79 bits per heavy atom. The molecule has 1 aromatic rings. The largest absolute Gasteiger partial charge is 0.376 e. The lowest BCUT2D eigenvalue weighted by molar-refractivity contribution is -0.0112. The maximum absolute atomic E-state index is 12.3. The van der Waals surface area contributed by atoms with Gasteiger partial charge >= 0.3 is 0 Å². The summed E-state index contributed by atoms with van der Waals surface area (Å²) in [7, 11) is 1.73. The minimum atomic E-state index is -0.217. The van der Waals surface area contributed by atoms with Crippen LogP contribution in [0.1, 0.15) is 54.6 Å². The summed E-state index contributed by atoms with van der Waals surface area (Å²) in [4.78, 5) is 15.5. The number of amides is 1. The fraction of sp³-hybridized carbons (Fsp3) is 0.667. The summed E-state index contributed by atoms with van der Waals surface area (Å²) in [6.45, 7) is 2.67. The quantitative estimate of drug-likeness (QED) is 0.827. The van der Waals surface area contributed by atoms with Crippen LogP contribution in [-0.4, -0.2) is 30.1 Å². The van der Waals surface area contributed by atoms with Gasteiger partial charge in [0.1, 0.15) is 0 Å². The molecular formula is C15H22N2O2. The molecule has 0 bridgehead atoms. The molecule has 2 saturated carbocycles. The molecular weight excluding hydrogens is 240 g/mol. The van der Waals surface area contributed by atoms with Crippen molar-refractivity contribution in [1.82, 2.24) is 10.3 Å². The second-order valence-electron chi connectivity index (χ2n) is 6.05. The van der Waals surface area contributed by atoms with Crippen molar-refractivity contribution in [2.45, 2.75) is 44.1 Å².